The maximum atomic E-state index is 11.8. The second-order valence-electron chi connectivity index (χ2n) is 3.78. The summed E-state index contributed by atoms with van der Waals surface area (Å²) in [4.78, 5) is 24.8. The quantitative estimate of drug-likeness (QED) is 0.765. The van der Waals surface area contributed by atoms with Crippen LogP contribution in [0.3, 0.4) is 0 Å². The average Bonchev–Trinajstić information content (AvgIpc) is 2.34. The molecule has 1 aliphatic heterocycles. The lowest BCUT2D eigenvalue weighted by molar-refractivity contribution is -0.120. The molecule has 1 aliphatic rings. The number of nitrogens with zero attached hydrogens (tertiary/aromatic N) is 1. The van der Waals surface area contributed by atoms with Crippen molar-refractivity contribution in [3.63, 3.8) is 0 Å². The van der Waals surface area contributed by atoms with Crippen molar-refractivity contribution in [2.24, 2.45) is 0 Å². The Hall–Kier alpha value is -1.49. The number of hydrogen-bond donors (Lipinski definition) is 0. The Labute approximate surface area is 104 Å². The summed E-state index contributed by atoms with van der Waals surface area (Å²) in [6, 6.07) is 5.19. The normalized spacial score (nSPS) is 14.2. The molecule has 4 nitrogen and oxygen atoms in total. The molecular weight excluding hydrogens is 238 g/mol. The van der Waals surface area contributed by atoms with Gasteiger partial charge in [0.15, 0.2) is 12.4 Å². The largest absolute Gasteiger partial charge is 0.482 e. The number of hydrogen-bond acceptors (Lipinski definition) is 4. The van der Waals surface area contributed by atoms with E-state index in [1.165, 1.54) is 16.7 Å². The molecule has 0 unspecified atom stereocenters. The molecular formula is C12H13NO3S. The molecule has 0 radical (unpaired) electrons. The van der Waals surface area contributed by atoms with Crippen LogP contribution in [0.25, 0.3) is 0 Å². The van der Waals surface area contributed by atoms with E-state index in [4.69, 9.17) is 4.74 Å². The molecule has 1 aromatic carbocycles. The van der Waals surface area contributed by atoms with Crippen molar-refractivity contribution in [2.45, 2.75) is 0 Å². The van der Waals surface area contributed by atoms with Crippen LogP contribution in [0.1, 0.15) is 10.4 Å². The van der Waals surface area contributed by atoms with Crippen LogP contribution in [0.15, 0.2) is 18.2 Å². The fourth-order valence-corrected chi connectivity index (χ4v) is 2.09. The van der Waals surface area contributed by atoms with E-state index in [2.05, 4.69) is 0 Å². The van der Waals surface area contributed by atoms with Crippen molar-refractivity contribution in [2.75, 3.05) is 30.6 Å². The molecule has 0 N–H and O–H groups in total. The second kappa shape index (κ2) is 4.79. The van der Waals surface area contributed by atoms with Crippen LogP contribution in [0.5, 0.6) is 5.75 Å². The third-order valence-corrected chi connectivity index (χ3v) is 3.19. The standard InChI is InChI=1S/C12H13NO3S/c1-13-9-5-8(10(14)7-17-2)3-4-11(9)16-6-12(13)15/h3-5H,6-7H2,1-2H3. The first-order chi connectivity index (χ1) is 8.13. The molecule has 0 aromatic heterocycles. The molecule has 0 fully saturated rings. The van der Waals surface area contributed by atoms with E-state index in [1.807, 2.05) is 6.26 Å². The molecule has 0 spiro atoms. The zero-order valence-electron chi connectivity index (χ0n) is 9.73. The summed E-state index contributed by atoms with van der Waals surface area (Å²) in [5, 5.41) is 0. The van der Waals surface area contributed by atoms with E-state index < -0.39 is 0 Å². The predicted molar refractivity (Wildman–Crippen MR) is 68.1 cm³/mol. The van der Waals surface area contributed by atoms with Gasteiger partial charge in [0.2, 0.25) is 0 Å². The van der Waals surface area contributed by atoms with Crippen LogP contribution in [0.2, 0.25) is 0 Å². The van der Waals surface area contributed by atoms with Gasteiger partial charge < -0.3 is 9.64 Å². The summed E-state index contributed by atoms with van der Waals surface area (Å²) >= 11 is 1.48. The van der Waals surface area contributed by atoms with Gasteiger partial charge in [-0.05, 0) is 24.5 Å². The summed E-state index contributed by atoms with van der Waals surface area (Å²) < 4.78 is 5.29. The maximum Gasteiger partial charge on any atom is 0.264 e. The minimum atomic E-state index is -0.105. The maximum absolute atomic E-state index is 11.8. The first kappa shape index (κ1) is 12.0. The number of amides is 1. The summed E-state index contributed by atoms with van der Waals surface area (Å²) in [5.74, 6) is 1.05. The highest BCUT2D eigenvalue weighted by molar-refractivity contribution is 7.99. The zero-order valence-corrected chi connectivity index (χ0v) is 10.5. The molecule has 0 bridgehead atoms. The topological polar surface area (TPSA) is 46.6 Å². The first-order valence-electron chi connectivity index (χ1n) is 5.19. The van der Waals surface area contributed by atoms with Crippen LogP contribution in [0.4, 0.5) is 5.69 Å². The molecule has 1 aromatic rings. The average molecular weight is 251 g/mol. The fourth-order valence-electron chi connectivity index (χ4n) is 1.66. The van der Waals surface area contributed by atoms with Crippen molar-refractivity contribution in [1.82, 2.24) is 0 Å². The number of fused-ring (bicyclic) bond motifs is 1. The second-order valence-corrected chi connectivity index (χ2v) is 4.65. The van der Waals surface area contributed by atoms with Crippen LogP contribution in [0, 0.1) is 0 Å². The van der Waals surface area contributed by atoms with Crippen LogP contribution < -0.4 is 9.64 Å². The van der Waals surface area contributed by atoms with Gasteiger partial charge in [-0.1, -0.05) is 0 Å². The monoisotopic (exact) mass is 251 g/mol. The molecule has 90 valence electrons. The lowest BCUT2D eigenvalue weighted by Gasteiger charge is -2.26. The summed E-state index contributed by atoms with van der Waals surface area (Å²) in [5.41, 5.74) is 1.27. The van der Waals surface area contributed by atoms with Gasteiger partial charge in [0, 0.05) is 12.6 Å². The van der Waals surface area contributed by atoms with Gasteiger partial charge in [-0.2, -0.15) is 11.8 Å². The van der Waals surface area contributed by atoms with Gasteiger partial charge in [0.1, 0.15) is 5.75 Å². The van der Waals surface area contributed by atoms with Crippen molar-refractivity contribution >= 4 is 29.1 Å². The fraction of sp³-hybridized carbons (Fsp3) is 0.333. The minimum Gasteiger partial charge on any atom is -0.482 e. The number of anilines is 1. The Morgan fingerprint density at radius 1 is 1.53 bits per heavy atom. The highest BCUT2D eigenvalue weighted by Gasteiger charge is 2.23. The minimum absolute atomic E-state index is 0.0571. The highest BCUT2D eigenvalue weighted by atomic mass is 32.2. The highest BCUT2D eigenvalue weighted by Crippen LogP contribution is 2.32. The zero-order chi connectivity index (χ0) is 12.4. The molecule has 1 amide bonds. The molecule has 0 atom stereocenters. The third kappa shape index (κ3) is 2.29. The van der Waals surface area contributed by atoms with Gasteiger partial charge in [0.25, 0.3) is 5.91 Å². The van der Waals surface area contributed by atoms with Gasteiger partial charge in [-0.3, -0.25) is 9.59 Å². The van der Waals surface area contributed by atoms with E-state index in [9.17, 15) is 9.59 Å². The Morgan fingerprint density at radius 2 is 2.29 bits per heavy atom. The van der Waals surface area contributed by atoms with Crippen molar-refractivity contribution < 1.29 is 14.3 Å². The summed E-state index contributed by atoms with van der Waals surface area (Å²) in [6.07, 6.45) is 1.88. The third-order valence-electron chi connectivity index (χ3n) is 2.64. The van der Waals surface area contributed by atoms with Crippen LogP contribution >= 0.6 is 11.8 Å². The van der Waals surface area contributed by atoms with E-state index in [1.54, 1.807) is 25.2 Å². The molecule has 1 heterocycles. The van der Waals surface area contributed by atoms with Crippen LogP contribution in [-0.4, -0.2) is 37.4 Å². The number of ketones is 1. The summed E-state index contributed by atoms with van der Waals surface area (Å²) in [7, 11) is 1.69. The van der Waals surface area contributed by atoms with Gasteiger partial charge >= 0.3 is 0 Å². The molecule has 0 aliphatic carbocycles. The van der Waals surface area contributed by atoms with Gasteiger partial charge in [-0.15, -0.1) is 0 Å². The Kier molecular flexibility index (Phi) is 3.38. The molecule has 0 saturated heterocycles. The molecule has 5 heteroatoms. The number of thioether (sulfide) groups is 1. The Morgan fingerprint density at radius 3 is 3.00 bits per heavy atom. The lowest BCUT2D eigenvalue weighted by Crippen LogP contribution is -2.35. The number of rotatable bonds is 3. The van der Waals surface area contributed by atoms with E-state index >= 15 is 0 Å². The molecule has 2 rings (SSSR count). The Balaban J connectivity index is 2.35. The summed E-state index contributed by atoms with van der Waals surface area (Å²) in [6.45, 7) is 0.0571. The van der Waals surface area contributed by atoms with E-state index in [0.717, 1.165) is 0 Å². The molecule has 0 saturated carbocycles. The SMILES string of the molecule is CSCC(=O)c1ccc2c(c1)N(C)C(=O)CO2. The number of Topliss-reactive ketones (excluding diaryl/α,β-unsaturated/α-hetero) is 1. The van der Waals surface area contributed by atoms with Gasteiger partial charge in [-0.25, -0.2) is 0 Å². The van der Waals surface area contributed by atoms with E-state index in [0.29, 0.717) is 22.8 Å². The first-order valence-corrected chi connectivity index (χ1v) is 6.58. The smallest absolute Gasteiger partial charge is 0.264 e. The molecule has 17 heavy (non-hydrogen) atoms. The van der Waals surface area contributed by atoms with Crippen LogP contribution in [-0.2, 0) is 4.79 Å². The van der Waals surface area contributed by atoms with Crippen molar-refractivity contribution in [1.29, 1.82) is 0 Å². The number of carbonyl (C=O) groups is 2. The predicted octanol–water partition coefficient (Wildman–Crippen LogP) is 1.59. The number of carbonyl (C=O) groups excluding carboxylic acids is 2. The van der Waals surface area contributed by atoms with Gasteiger partial charge in [0.05, 0.1) is 11.4 Å². The number of likely N-dealkylation sites (N-methyl/N-ethyl adjacent to an activating group) is 1. The van der Waals surface area contributed by atoms with Crippen molar-refractivity contribution in [3.8, 4) is 5.75 Å². The number of benzene rings is 1. The van der Waals surface area contributed by atoms with Crippen molar-refractivity contribution in [3.05, 3.63) is 23.8 Å². The lowest BCUT2D eigenvalue weighted by atomic mass is 10.1. The Bertz CT molecular complexity index is 473. The van der Waals surface area contributed by atoms with E-state index in [-0.39, 0.29) is 18.3 Å². The number of ether oxygens (including phenoxy) is 1.